The quantitative estimate of drug-likeness (QED) is 0.789. The van der Waals surface area contributed by atoms with E-state index < -0.39 is 35.1 Å². The first-order valence-corrected chi connectivity index (χ1v) is 4.00. The molecule has 0 fully saturated rings. The summed E-state index contributed by atoms with van der Waals surface area (Å²) >= 11 is 0. The number of amides is 1. The Kier molecular flexibility index (Phi) is 3.08. The summed E-state index contributed by atoms with van der Waals surface area (Å²) in [5.41, 5.74) is 8.61. The number of anilines is 1. The minimum atomic E-state index is -5.04. The molecule has 0 radical (unpaired) electrons. The van der Waals surface area contributed by atoms with Gasteiger partial charge in [0, 0.05) is 6.07 Å². The maximum atomic E-state index is 12.0. The molecule has 1 rings (SSSR count). The van der Waals surface area contributed by atoms with E-state index >= 15 is 0 Å². The van der Waals surface area contributed by atoms with Gasteiger partial charge in [-0.05, 0) is 0 Å². The van der Waals surface area contributed by atoms with Crippen LogP contribution in [0.25, 0.3) is 0 Å². The van der Waals surface area contributed by atoms with Gasteiger partial charge in [0.15, 0.2) is 5.69 Å². The number of ether oxygens (including phenoxy) is 1. The number of nitrogens with two attached hydrogens (primary N) is 2. The van der Waals surface area contributed by atoms with Gasteiger partial charge in [-0.25, -0.2) is 4.98 Å². The van der Waals surface area contributed by atoms with Gasteiger partial charge in [-0.3, -0.25) is 4.79 Å². The molecule has 9 heteroatoms. The van der Waals surface area contributed by atoms with Gasteiger partial charge in [0.1, 0.15) is 23.2 Å². The summed E-state index contributed by atoms with van der Waals surface area (Å²) in [6.07, 6.45) is -5.04. The predicted octanol–water partition coefficient (Wildman–Crippen LogP) is 0.533. The number of rotatable bonds is 2. The van der Waals surface area contributed by atoms with Crippen LogP contribution in [0.1, 0.15) is 16.1 Å². The van der Waals surface area contributed by atoms with E-state index in [1.165, 1.54) is 6.07 Å². The topological polar surface area (TPSA) is 115 Å². The summed E-state index contributed by atoms with van der Waals surface area (Å²) in [5, 5.41) is 8.60. The minimum Gasteiger partial charge on any atom is -0.405 e. The summed E-state index contributed by atoms with van der Waals surface area (Å²) < 4.78 is 39.6. The van der Waals surface area contributed by atoms with Gasteiger partial charge in [-0.15, -0.1) is 13.2 Å². The summed E-state index contributed by atoms with van der Waals surface area (Å²) in [5.74, 6) is -2.62. The van der Waals surface area contributed by atoms with Crippen molar-refractivity contribution in [1.29, 1.82) is 5.26 Å². The Bertz CT molecular complexity index is 507. The Hall–Kier alpha value is -2.50. The molecule has 17 heavy (non-hydrogen) atoms. The summed E-state index contributed by atoms with van der Waals surface area (Å²) in [6.45, 7) is 0. The van der Waals surface area contributed by atoms with E-state index in [4.69, 9.17) is 16.7 Å². The standard InChI is InChI=1S/C8H5F3N4O2/c9-8(10,11)17-4-1-5(13)15-3(2-12)6(4)7(14)16/h1H,(H2,13,15)(H2,14,16). The van der Waals surface area contributed by atoms with E-state index in [9.17, 15) is 18.0 Å². The highest BCUT2D eigenvalue weighted by molar-refractivity contribution is 5.98. The van der Waals surface area contributed by atoms with Crippen LogP contribution in [0.4, 0.5) is 19.0 Å². The Labute approximate surface area is 92.6 Å². The Morgan fingerprint density at radius 3 is 2.53 bits per heavy atom. The maximum Gasteiger partial charge on any atom is 0.573 e. The van der Waals surface area contributed by atoms with E-state index in [2.05, 4.69) is 9.72 Å². The number of pyridine rings is 1. The molecule has 0 bridgehead atoms. The number of alkyl halides is 3. The van der Waals surface area contributed by atoms with Crippen LogP contribution < -0.4 is 16.2 Å². The zero-order chi connectivity index (χ0) is 13.2. The van der Waals surface area contributed by atoms with Crippen molar-refractivity contribution in [2.45, 2.75) is 6.36 Å². The highest BCUT2D eigenvalue weighted by Gasteiger charge is 2.34. The molecule has 0 atom stereocenters. The third-order valence-electron chi connectivity index (χ3n) is 1.58. The maximum absolute atomic E-state index is 12.0. The third-order valence-corrected chi connectivity index (χ3v) is 1.58. The van der Waals surface area contributed by atoms with Crippen molar-refractivity contribution in [2.24, 2.45) is 5.73 Å². The van der Waals surface area contributed by atoms with E-state index in [1.54, 1.807) is 0 Å². The van der Waals surface area contributed by atoms with Crippen LogP contribution in [-0.4, -0.2) is 17.3 Å². The van der Waals surface area contributed by atoms with Gasteiger partial charge in [0.05, 0.1) is 0 Å². The SMILES string of the molecule is N#Cc1nc(N)cc(OC(F)(F)F)c1C(N)=O. The van der Waals surface area contributed by atoms with E-state index in [0.717, 1.165) is 0 Å². The number of nitrogens with zero attached hydrogens (tertiary/aromatic N) is 2. The Morgan fingerprint density at radius 2 is 2.12 bits per heavy atom. The second kappa shape index (κ2) is 4.17. The Balaban J connectivity index is 3.42. The van der Waals surface area contributed by atoms with Gasteiger partial charge in [-0.2, -0.15) is 5.26 Å². The number of primary amides is 1. The monoisotopic (exact) mass is 246 g/mol. The fourth-order valence-electron chi connectivity index (χ4n) is 1.06. The lowest BCUT2D eigenvalue weighted by molar-refractivity contribution is -0.274. The summed E-state index contributed by atoms with van der Waals surface area (Å²) in [4.78, 5) is 14.3. The molecule has 1 heterocycles. The first kappa shape index (κ1) is 12.6. The molecule has 4 N–H and O–H groups in total. The van der Waals surface area contributed by atoms with Crippen LogP contribution in [0.5, 0.6) is 5.75 Å². The first-order chi connectivity index (χ1) is 7.74. The molecule has 1 aromatic heterocycles. The van der Waals surface area contributed by atoms with Crippen molar-refractivity contribution in [3.63, 3.8) is 0 Å². The Morgan fingerprint density at radius 1 is 1.53 bits per heavy atom. The van der Waals surface area contributed by atoms with Gasteiger partial charge in [0.25, 0.3) is 5.91 Å². The first-order valence-electron chi connectivity index (χ1n) is 4.00. The molecule has 0 aliphatic rings. The number of carbonyl (C=O) groups excluding carboxylic acids is 1. The smallest absolute Gasteiger partial charge is 0.405 e. The molecule has 0 unspecified atom stereocenters. The lowest BCUT2D eigenvalue weighted by atomic mass is 10.1. The van der Waals surface area contributed by atoms with E-state index in [-0.39, 0.29) is 0 Å². The van der Waals surface area contributed by atoms with Crippen LogP contribution in [0.2, 0.25) is 0 Å². The fourth-order valence-corrected chi connectivity index (χ4v) is 1.06. The van der Waals surface area contributed by atoms with Gasteiger partial charge in [0.2, 0.25) is 0 Å². The van der Waals surface area contributed by atoms with Crippen molar-refractivity contribution in [3.8, 4) is 11.8 Å². The molecule has 0 saturated heterocycles. The number of nitriles is 1. The van der Waals surface area contributed by atoms with E-state index in [0.29, 0.717) is 6.07 Å². The number of carbonyl (C=O) groups is 1. The zero-order valence-electron chi connectivity index (χ0n) is 8.08. The summed E-state index contributed by atoms with van der Waals surface area (Å²) in [7, 11) is 0. The normalized spacial score (nSPS) is 10.7. The predicted molar refractivity (Wildman–Crippen MR) is 48.6 cm³/mol. The molecule has 0 aromatic carbocycles. The molecule has 0 aliphatic heterocycles. The zero-order valence-corrected chi connectivity index (χ0v) is 8.08. The lowest BCUT2D eigenvalue weighted by Crippen LogP contribution is -2.22. The molecule has 6 nitrogen and oxygen atoms in total. The molecule has 0 spiro atoms. The second-order valence-electron chi connectivity index (χ2n) is 2.79. The van der Waals surface area contributed by atoms with Crippen LogP contribution in [0, 0.1) is 11.3 Å². The van der Waals surface area contributed by atoms with Crippen LogP contribution in [-0.2, 0) is 0 Å². The van der Waals surface area contributed by atoms with Crippen molar-refractivity contribution in [2.75, 3.05) is 5.73 Å². The van der Waals surface area contributed by atoms with Crippen molar-refractivity contribution in [3.05, 3.63) is 17.3 Å². The number of aromatic nitrogens is 1. The highest BCUT2D eigenvalue weighted by atomic mass is 19.4. The number of hydrogen-bond acceptors (Lipinski definition) is 5. The van der Waals surface area contributed by atoms with Crippen molar-refractivity contribution >= 4 is 11.7 Å². The van der Waals surface area contributed by atoms with Gasteiger partial charge in [-0.1, -0.05) is 0 Å². The minimum absolute atomic E-state index is 0.397. The van der Waals surface area contributed by atoms with Crippen molar-refractivity contribution in [1.82, 2.24) is 4.98 Å². The lowest BCUT2D eigenvalue weighted by Gasteiger charge is -2.12. The van der Waals surface area contributed by atoms with E-state index in [1.807, 2.05) is 0 Å². The third kappa shape index (κ3) is 2.97. The number of nitrogen functional groups attached to an aromatic ring is 1. The average Bonchev–Trinajstić information content (AvgIpc) is 2.12. The second-order valence-corrected chi connectivity index (χ2v) is 2.79. The highest BCUT2D eigenvalue weighted by Crippen LogP contribution is 2.29. The molecular formula is C8H5F3N4O2. The molecule has 0 aliphatic carbocycles. The molecule has 1 amide bonds. The van der Waals surface area contributed by atoms with Gasteiger partial charge >= 0.3 is 6.36 Å². The number of hydrogen-bond donors (Lipinski definition) is 2. The van der Waals surface area contributed by atoms with Crippen molar-refractivity contribution < 1.29 is 22.7 Å². The average molecular weight is 246 g/mol. The summed E-state index contributed by atoms with van der Waals surface area (Å²) in [6, 6.07) is 2.07. The van der Waals surface area contributed by atoms with Gasteiger partial charge < -0.3 is 16.2 Å². The van der Waals surface area contributed by atoms with Crippen LogP contribution in [0.15, 0.2) is 6.07 Å². The molecule has 90 valence electrons. The van der Waals surface area contributed by atoms with Crippen LogP contribution in [0.3, 0.4) is 0 Å². The molecule has 1 aromatic rings. The van der Waals surface area contributed by atoms with Crippen LogP contribution >= 0.6 is 0 Å². The number of halogens is 3. The molecular weight excluding hydrogens is 241 g/mol. The largest absolute Gasteiger partial charge is 0.573 e. The molecule has 0 saturated carbocycles. The fraction of sp³-hybridized carbons (Fsp3) is 0.125.